The number of hydrogen-bond acceptors (Lipinski definition) is 3. The predicted octanol–water partition coefficient (Wildman–Crippen LogP) is 2.11. The third-order valence-electron chi connectivity index (χ3n) is 3.67. The second-order valence-corrected chi connectivity index (χ2v) is 4.84. The molecule has 0 spiro atoms. The molecule has 4 nitrogen and oxygen atoms in total. The summed E-state index contributed by atoms with van der Waals surface area (Å²) in [7, 11) is 1.49. The highest BCUT2D eigenvalue weighted by Crippen LogP contribution is 2.32. The molecule has 2 rings (SSSR count). The number of nitrogens with one attached hydrogen (secondary N) is 1. The van der Waals surface area contributed by atoms with Crippen molar-refractivity contribution in [3.05, 3.63) is 29.3 Å². The van der Waals surface area contributed by atoms with Crippen LogP contribution in [0, 0.1) is 5.92 Å². The maximum atomic E-state index is 11.2. The summed E-state index contributed by atoms with van der Waals surface area (Å²) in [5.74, 6) is 0.437. The van der Waals surface area contributed by atoms with E-state index in [9.17, 15) is 9.90 Å². The first-order valence-electron chi connectivity index (χ1n) is 6.25. The van der Waals surface area contributed by atoms with Crippen LogP contribution >= 0.6 is 0 Å². The number of aromatic carboxylic acids is 1. The number of carboxylic acid groups (broad SMARTS) is 1. The Hall–Kier alpha value is -1.55. The lowest BCUT2D eigenvalue weighted by molar-refractivity contribution is 0.0693. The number of hydrogen-bond donors (Lipinski definition) is 2. The molecule has 1 aromatic carbocycles. The largest absolute Gasteiger partial charge is 0.496 e. The van der Waals surface area contributed by atoms with Gasteiger partial charge in [-0.05, 0) is 49.0 Å². The van der Waals surface area contributed by atoms with E-state index in [1.54, 1.807) is 12.1 Å². The highest BCUT2D eigenvalue weighted by molar-refractivity contribution is 5.91. The van der Waals surface area contributed by atoms with Crippen LogP contribution in [0.1, 0.15) is 35.2 Å². The van der Waals surface area contributed by atoms with Crippen LogP contribution in [0.3, 0.4) is 0 Å². The van der Waals surface area contributed by atoms with Gasteiger partial charge < -0.3 is 15.2 Å². The van der Waals surface area contributed by atoms with Gasteiger partial charge in [-0.1, -0.05) is 13.0 Å². The Morgan fingerprint density at radius 1 is 1.50 bits per heavy atom. The van der Waals surface area contributed by atoms with Gasteiger partial charge in [0.1, 0.15) is 11.3 Å². The molecule has 1 aliphatic rings. The van der Waals surface area contributed by atoms with Crippen molar-refractivity contribution in [2.75, 3.05) is 20.2 Å². The number of rotatable bonds is 3. The summed E-state index contributed by atoms with van der Waals surface area (Å²) in [4.78, 5) is 11.2. The van der Waals surface area contributed by atoms with E-state index in [-0.39, 0.29) is 5.56 Å². The lowest BCUT2D eigenvalue weighted by atomic mass is 9.82. The molecule has 1 fully saturated rings. The quantitative estimate of drug-likeness (QED) is 0.861. The van der Waals surface area contributed by atoms with Crippen LogP contribution in [0.25, 0.3) is 0 Å². The summed E-state index contributed by atoms with van der Waals surface area (Å²) in [6.45, 7) is 4.17. The van der Waals surface area contributed by atoms with Crippen LogP contribution in [-0.2, 0) is 0 Å². The fraction of sp³-hybridized carbons (Fsp3) is 0.500. The van der Waals surface area contributed by atoms with Crippen molar-refractivity contribution < 1.29 is 14.6 Å². The first-order chi connectivity index (χ1) is 8.63. The minimum absolute atomic E-state index is 0.251. The second kappa shape index (κ2) is 5.40. The van der Waals surface area contributed by atoms with Gasteiger partial charge in [-0.15, -0.1) is 0 Å². The fourth-order valence-corrected chi connectivity index (χ4v) is 2.63. The fourth-order valence-electron chi connectivity index (χ4n) is 2.63. The average molecular weight is 249 g/mol. The summed E-state index contributed by atoms with van der Waals surface area (Å²) in [5, 5.41) is 12.5. The van der Waals surface area contributed by atoms with E-state index in [4.69, 9.17) is 4.74 Å². The molecule has 1 saturated heterocycles. The van der Waals surface area contributed by atoms with Crippen molar-refractivity contribution in [3.63, 3.8) is 0 Å². The summed E-state index contributed by atoms with van der Waals surface area (Å²) >= 11 is 0. The average Bonchev–Trinajstić information content (AvgIpc) is 2.38. The van der Waals surface area contributed by atoms with E-state index in [2.05, 4.69) is 12.2 Å². The van der Waals surface area contributed by atoms with E-state index >= 15 is 0 Å². The maximum Gasteiger partial charge on any atom is 0.339 e. The van der Waals surface area contributed by atoms with Crippen LogP contribution in [0.15, 0.2) is 18.2 Å². The molecule has 0 saturated carbocycles. The number of piperidine rings is 1. The monoisotopic (exact) mass is 249 g/mol. The third-order valence-corrected chi connectivity index (χ3v) is 3.67. The van der Waals surface area contributed by atoms with E-state index < -0.39 is 5.97 Å². The summed E-state index contributed by atoms with van der Waals surface area (Å²) in [6.07, 6.45) is 1.05. The van der Waals surface area contributed by atoms with E-state index in [1.165, 1.54) is 7.11 Å². The Labute approximate surface area is 107 Å². The SMILES string of the molecule is COc1ccc([C@H]2CCNC[C@H]2C)cc1C(=O)O. The summed E-state index contributed by atoms with van der Waals surface area (Å²) in [5.41, 5.74) is 1.35. The standard InChI is InChI=1S/C14H19NO3/c1-9-8-15-6-5-11(9)10-3-4-13(18-2)12(7-10)14(16)17/h3-4,7,9,11,15H,5-6,8H2,1-2H3,(H,16,17)/t9-,11+/m1/s1. The molecule has 0 bridgehead atoms. The van der Waals surface area contributed by atoms with Gasteiger partial charge in [0, 0.05) is 0 Å². The van der Waals surface area contributed by atoms with Gasteiger partial charge in [0.2, 0.25) is 0 Å². The molecular formula is C14H19NO3. The highest BCUT2D eigenvalue weighted by Gasteiger charge is 2.24. The molecule has 0 amide bonds. The van der Waals surface area contributed by atoms with Crippen LogP contribution in [0.2, 0.25) is 0 Å². The van der Waals surface area contributed by atoms with Crippen LogP contribution in [-0.4, -0.2) is 31.3 Å². The number of carboxylic acids is 1. The molecule has 0 aromatic heterocycles. The molecular weight excluding hydrogens is 230 g/mol. The number of benzene rings is 1. The van der Waals surface area contributed by atoms with Gasteiger partial charge in [-0.25, -0.2) is 4.79 Å². The third kappa shape index (κ3) is 2.48. The maximum absolute atomic E-state index is 11.2. The molecule has 1 aromatic rings. The minimum Gasteiger partial charge on any atom is -0.496 e. The Balaban J connectivity index is 2.33. The first kappa shape index (κ1) is 12.9. The zero-order valence-electron chi connectivity index (χ0n) is 10.8. The highest BCUT2D eigenvalue weighted by atomic mass is 16.5. The summed E-state index contributed by atoms with van der Waals surface area (Å²) in [6, 6.07) is 5.50. The Morgan fingerprint density at radius 3 is 2.89 bits per heavy atom. The smallest absolute Gasteiger partial charge is 0.339 e. The van der Waals surface area contributed by atoms with Crippen molar-refractivity contribution >= 4 is 5.97 Å². The summed E-state index contributed by atoms with van der Waals surface area (Å²) < 4.78 is 5.08. The first-order valence-corrected chi connectivity index (χ1v) is 6.25. The number of methoxy groups -OCH3 is 1. The molecule has 0 unspecified atom stereocenters. The lowest BCUT2D eigenvalue weighted by Crippen LogP contribution is -2.33. The Kier molecular flexibility index (Phi) is 3.87. The second-order valence-electron chi connectivity index (χ2n) is 4.84. The molecule has 18 heavy (non-hydrogen) atoms. The lowest BCUT2D eigenvalue weighted by Gasteiger charge is -2.30. The van der Waals surface area contributed by atoms with Gasteiger partial charge in [-0.3, -0.25) is 0 Å². The molecule has 0 aliphatic carbocycles. The van der Waals surface area contributed by atoms with E-state index in [0.29, 0.717) is 17.6 Å². The van der Waals surface area contributed by atoms with Crippen molar-refractivity contribution in [3.8, 4) is 5.75 Å². The van der Waals surface area contributed by atoms with E-state index in [0.717, 1.165) is 25.1 Å². The van der Waals surface area contributed by atoms with Gasteiger partial charge in [0.15, 0.2) is 0 Å². The normalized spacial score (nSPS) is 23.7. The minimum atomic E-state index is -0.935. The molecule has 1 heterocycles. The van der Waals surface area contributed by atoms with Crippen LogP contribution in [0.4, 0.5) is 0 Å². The van der Waals surface area contributed by atoms with Crippen molar-refractivity contribution in [2.45, 2.75) is 19.3 Å². The molecule has 2 atom stereocenters. The van der Waals surface area contributed by atoms with E-state index in [1.807, 2.05) is 6.07 Å². The predicted molar refractivity (Wildman–Crippen MR) is 69.3 cm³/mol. The van der Waals surface area contributed by atoms with Gasteiger partial charge in [-0.2, -0.15) is 0 Å². The topological polar surface area (TPSA) is 58.6 Å². The molecule has 0 radical (unpaired) electrons. The zero-order chi connectivity index (χ0) is 13.1. The molecule has 2 N–H and O–H groups in total. The zero-order valence-corrected chi connectivity index (χ0v) is 10.8. The Bertz CT molecular complexity index is 445. The molecule has 4 heteroatoms. The van der Waals surface area contributed by atoms with Gasteiger partial charge >= 0.3 is 5.97 Å². The van der Waals surface area contributed by atoms with Crippen molar-refractivity contribution in [1.29, 1.82) is 0 Å². The van der Waals surface area contributed by atoms with Crippen molar-refractivity contribution in [2.24, 2.45) is 5.92 Å². The van der Waals surface area contributed by atoms with Crippen LogP contribution < -0.4 is 10.1 Å². The molecule has 1 aliphatic heterocycles. The van der Waals surface area contributed by atoms with Gasteiger partial charge in [0.05, 0.1) is 7.11 Å². The van der Waals surface area contributed by atoms with Gasteiger partial charge in [0.25, 0.3) is 0 Å². The number of ether oxygens (including phenoxy) is 1. The van der Waals surface area contributed by atoms with Crippen LogP contribution in [0.5, 0.6) is 5.75 Å². The van der Waals surface area contributed by atoms with Crippen molar-refractivity contribution in [1.82, 2.24) is 5.32 Å². The number of carbonyl (C=O) groups is 1. The Morgan fingerprint density at radius 2 is 2.28 bits per heavy atom. The molecule has 98 valence electrons.